The summed E-state index contributed by atoms with van der Waals surface area (Å²) in [5, 5.41) is 0. The molecular formula is C23H32N2O3. The van der Waals surface area contributed by atoms with Crippen LogP contribution in [0.4, 0.5) is 0 Å². The molecule has 0 unspecified atom stereocenters. The number of fused-ring (bicyclic) bond motifs is 1. The summed E-state index contributed by atoms with van der Waals surface area (Å²) in [5.74, 6) is 0.217. The molecule has 1 saturated carbocycles. The highest BCUT2D eigenvalue weighted by Crippen LogP contribution is 2.55. The molecule has 0 N–H and O–H groups in total. The van der Waals surface area contributed by atoms with Gasteiger partial charge in [0.25, 0.3) is 0 Å². The number of rotatable bonds is 4. The Kier molecular flexibility index (Phi) is 5.21. The Morgan fingerprint density at radius 2 is 1.75 bits per heavy atom. The lowest BCUT2D eigenvalue weighted by Crippen LogP contribution is -2.61. The van der Waals surface area contributed by atoms with Crippen molar-refractivity contribution in [3.8, 4) is 0 Å². The van der Waals surface area contributed by atoms with Gasteiger partial charge in [0, 0.05) is 31.5 Å². The smallest absolute Gasteiger partial charge is 0.249 e. The normalized spacial score (nSPS) is 34.2. The van der Waals surface area contributed by atoms with Gasteiger partial charge in [0.2, 0.25) is 11.8 Å². The molecule has 5 heteroatoms. The molecule has 2 bridgehead atoms. The molecule has 2 heterocycles. The van der Waals surface area contributed by atoms with Gasteiger partial charge in [-0.1, -0.05) is 50.1 Å². The Hall–Kier alpha value is -1.88. The van der Waals surface area contributed by atoms with Gasteiger partial charge in [-0.25, -0.2) is 0 Å². The zero-order chi connectivity index (χ0) is 19.9. The van der Waals surface area contributed by atoms with Gasteiger partial charge in [0.05, 0.1) is 12.1 Å². The van der Waals surface area contributed by atoms with Crippen molar-refractivity contribution in [2.45, 2.75) is 76.5 Å². The van der Waals surface area contributed by atoms with Gasteiger partial charge in [-0.15, -0.1) is 0 Å². The SMILES string of the molecule is COCC(=O)N1[C@H]2CCCC[C@H]3N(C(C)=O)[C@H](Cc4ccccc4)[C@@H]1C[C@@]23C. The third-order valence-corrected chi connectivity index (χ3v) is 7.41. The largest absolute Gasteiger partial charge is 0.375 e. The lowest BCUT2D eigenvalue weighted by atomic mass is 9.69. The van der Waals surface area contributed by atoms with E-state index in [4.69, 9.17) is 4.74 Å². The molecular weight excluding hydrogens is 352 g/mol. The number of piperidine rings is 1. The lowest BCUT2D eigenvalue weighted by Gasteiger charge is -2.50. The minimum atomic E-state index is -0.0244. The summed E-state index contributed by atoms with van der Waals surface area (Å²) in [4.78, 5) is 30.3. The molecule has 2 aliphatic heterocycles. The zero-order valence-electron chi connectivity index (χ0n) is 17.3. The van der Waals surface area contributed by atoms with Gasteiger partial charge < -0.3 is 14.5 Å². The molecule has 2 amide bonds. The van der Waals surface area contributed by atoms with Crippen LogP contribution in [0.1, 0.15) is 51.5 Å². The van der Waals surface area contributed by atoms with Crippen molar-refractivity contribution in [2.24, 2.45) is 5.41 Å². The van der Waals surface area contributed by atoms with Crippen LogP contribution in [-0.4, -0.2) is 59.5 Å². The Bertz CT molecular complexity index is 737. The van der Waals surface area contributed by atoms with Gasteiger partial charge in [-0.05, 0) is 31.2 Å². The van der Waals surface area contributed by atoms with Crippen molar-refractivity contribution in [1.82, 2.24) is 9.80 Å². The predicted molar refractivity (Wildman–Crippen MR) is 108 cm³/mol. The minimum Gasteiger partial charge on any atom is -0.375 e. The molecule has 0 spiro atoms. The van der Waals surface area contributed by atoms with Crippen LogP contribution >= 0.6 is 0 Å². The quantitative estimate of drug-likeness (QED) is 0.802. The number of hydrogen-bond acceptors (Lipinski definition) is 3. The third-order valence-electron chi connectivity index (χ3n) is 7.41. The third kappa shape index (κ3) is 3.04. The molecule has 0 radical (unpaired) electrons. The summed E-state index contributed by atoms with van der Waals surface area (Å²) in [5.41, 5.74) is 1.20. The van der Waals surface area contributed by atoms with Crippen LogP contribution in [0.3, 0.4) is 0 Å². The molecule has 152 valence electrons. The second-order valence-electron chi connectivity index (χ2n) is 9.01. The fraction of sp³-hybridized carbons (Fsp3) is 0.652. The summed E-state index contributed by atoms with van der Waals surface area (Å²) in [7, 11) is 1.58. The zero-order valence-corrected chi connectivity index (χ0v) is 17.3. The maximum atomic E-state index is 13.1. The highest BCUT2D eigenvalue weighted by molar-refractivity contribution is 5.80. The average Bonchev–Trinajstić information content (AvgIpc) is 2.82. The van der Waals surface area contributed by atoms with Crippen LogP contribution in [0.15, 0.2) is 30.3 Å². The van der Waals surface area contributed by atoms with E-state index in [9.17, 15) is 9.59 Å². The van der Waals surface area contributed by atoms with E-state index >= 15 is 0 Å². The lowest BCUT2D eigenvalue weighted by molar-refractivity contribution is -0.144. The number of methoxy groups -OCH3 is 1. The number of hydrogen-bond donors (Lipinski definition) is 0. The van der Waals surface area contributed by atoms with E-state index in [0.717, 1.165) is 38.5 Å². The van der Waals surface area contributed by atoms with Crippen molar-refractivity contribution in [2.75, 3.05) is 13.7 Å². The average molecular weight is 385 g/mol. The first-order valence-electron chi connectivity index (χ1n) is 10.6. The van der Waals surface area contributed by atoms with E-state index in [1.807, 2.05) is 18.2 Å². The first kappa shape index (κ1) is 19.4. The van der Waals surface area contributed by atoms with E-state index in [1.165, 1.54) is 5.56 Å². The molecule has 5 atom stereocenters. The maximum absolute atomic E-state index is 13.1. The number of nitrogens with zero attached hydrogens (tertiary/aromatic N) is 2. The van der Waals surface area contributed by atoms with Crippen LogP contribution < -0.4 is 0 Å². The Morgan fingerprint density at radius 3 is 2.36 bits per heavy atom. The maximum Gasteiger partial charge on any atom is 0.249 e. The molecule has 1 aliphatic carbocycles. The van der Waals surface area contributed by atoms with Crippen LogP contribution in [0.2, 0.25) is 0 Å². The second kappa shape index (κ2) is 7.51. The fourth-order valence-electron chi connectivity index (χ4n) is 6.36. The summed E-state index contributed by atoms with van der Waals surface area (Å²) in [6.07, 6.45) is 6.09. The van der Waals surface area contributed by atoms with Crippen molar-refractivity contribution in [1.29, 1.82) is 0 Å². The van der Waals surface area contributed by atoms with Crippen molar-refractivity contribution >= 4 is 11.8 Å². The Balaban J connectivity index is 1.78. The minimum absolute atomic E-state index is 0.0244. The number of carbonyl (C=O) groups is 2. The number of benzene rings is 1. The van der Waals surface area contributed by atoms with Gasteiger partial charge in [0.15, 0.2) is 0 Å². The Labute approximate surface area is 168 Å². The first-order chi connectivity index (χ1) is 13.5. The number of amides is 2. The van der Waals surface area contributed by atoms with E-state index < -0.39 is 0 Å². The van der Waals surface area contributed by atoms with Crippen molar-refractivity contribution in [3.05, 3.63) is 35.9 Å². The van der Waals surface area contributed by atoms with E-state index in [1.54, 1.807) is 14.0 Å². The monoisotopic (exact) mass is 384 g/mol. The van der Waals surface area contributed by atoms with Gasteiger partial charge >= 0.3 is 0 Å². The molecule has 0 aromatic heterocycles. The standard InChI is InChI=1S/C23H32N2O3/c1-16(26)24-18(13-17-9-5-4-6-10-17)19-14-23(2)20(24)11-7-8-12-21(23)25(19)22(27)15-28-3/h4-6,9-10,18-21H,7-8,11-15H2,1-3H3/t18-,19+,20-,21+,23-/m1/s1. The molecule has 2 saturated heterocycles. The van der Waals surface area contributed by atoms with Gasteiger partial charge in [-0.2, -0.15) is 0 Å². The molecule has 3 fully saturated rings. The van der Waals surface area contributed by atoms with Crippen molar-refractivity contribution in [3.63, 3.8) is 0 Å². The predicted octanol–water partition coefficient (Wildman–Crippen LogP) is 3.02. The molecule has 5 nitrogen and oxygen atoms in total. The number of carbonyl (C=O) groups excluding carboxylic acids is 2. The Morgan fingerprint density at radius 1 is 1.11 bits per heavy atom. The van der Waals surface area contributed by atoms with Crippen molar-refractivity contribution < 1.29 is 14.3 Å². The van der Waals surface area contributed by atoms with Crippen LogP contribution in [0.25, 0.3) is 0 Å². The summed E-state index contributed by atoms with van der Waals surface area (Å²) in [6.45, 7) is 4.13. The molecule has 3 aliphatic rings. The fourth-order valence-corrected chi connectivity index (χ4v) is 6.36. The highest BCUT2D eigenvalue weighted by atomic mass is 16.5. The molecule has 1 aromatic rings. The van der Waals surface area contributed by atoms with E-state index in [0.29, 0.717) is 0 Å². The van der Waals surface area contributed by atoms with Gasteiger partial charge in [0.1, 0.15) is 6.61 Å². The van der Waals surface area contributed by atoms with Crippen LogP contribution in [0.5, 0.6) is 0 Å². The summed E-state index contributed by atoms with van der Waals surface area (Å²) in [6, 6.07) is 10.9. The second-order valence-corrected chi connectivity index (χ2v) is 9.01. The molecule has 1 aromatic carbocycles. The van der Waals surface area contributed by atoms with Gasteiger partial charge in [-0.3, -0.25) is 9.59 Å². The topological polar surface area (TPSA) is 49.9 Å². The number of likely N-dealkylation sites (tertiary alicyclic amines) is 2. The first-order valence-corrected chi connectivity index (χ1v) is 10.6. The van der Waals surface area contributed by atoms with E-state index in [2.05, 4.69) is 28.9 Å². The highest BCUT2D eigenvalue weighted by Gasteiger charge is 2.63. The summed E-state index contributed by atoms with van der Waals surface area (Å²) < 4.78 is 5.22. The summed E-state index contributed by atoms with van der Waals surface area (Å²) >= 11 is 0. The van der Waals surface area contributed by atoms with Crippen LogP contribution in [-0.2, 0) is 20.7 Å². The van der Waals surface area contributed by atoms with E-state index in [-0.39, 0.29) is 48.0 Å². The van der Waals surface area contributed by atoms with Crippen LogP contribution in [0, 0.1) is 5.41 Å². The molecule has 4 rings (SSSR count). The molecule has 28 heavy (non-hydrogen) atoms. The number of ether oxygens (including phenoxy) is 1.